The average Bonchev–Trinajstić information content (AvgIpc) is 2.68. The van der Waals surface area contributed by atoms with Crippen molar-refractivity contribution in [2.24, 2.45) is 5.92 Å². The van der Waals surface area contributed by atoms with Crippen LogP contribution < -0.4 is 15.0 Å². The molecule has 7 heteroatoms. The van der Waals surface area contributed by atoms with Crippen LogP contribution in [0.3, 0.4) is 0 Å². The summed E-state index contributed by atoms with van der Waals surface area (Å²) in [5.74, 6) is 1.34. The number of hydrogen-bond donors (Lipinski definition) is 1. The van der Waals surface area contributed by atoms with Crippen molar-refractivity contribution in [2.45, 2.75) is 25.8 Å². The molecule has 1 fully saturated rings. The van der Waals surface area contributed by atoms with Crippen molar-refractivity contribution in [3.63, 3.8) is 0 Å². The number of hydrogen-bond acceptors (Lipinski definition) is 5. The molecule has 2 heterocycles. The number of anilines is 1. The molecule has 0 atom stereocenters. The third-order valence-electron chi connectivity index (χ3n) is 4.65. The van der Waals surface area contributed by atoms with Crippen molar-refractivity contribution in [1.29, 1.82) is 0 Å². The number of aromatic nitrogens is 2. The van der Waals surface area contributed by atoms with Crippen LogP contribution >= 0.6 is 11.6 Å². The molecular weight excluding hydrogens is 352 g/mol. The van der Waals surface area contributed by atoms with Crippen LogP contribution in [0.25, 0.3) is 0 Å². The van der Waals surface area contributed by atoms with Crippen LogP contribution in [-0.4, -0.2) is 36.1 Å². The highest BCUT2D eigenvalue weighted by atomic mass is 35.5. The fraction of sp³-hybridized carbons (Fsp3) is 0.421. The van der Waals surface area contributed by atoms with Crippen molar-refractivity contribution >= 4 is 23.3 Å². The number of carbonyl (C=O) groups is 1. The van der Waals surface area contributed by atoms with Gasteiger partial charge < -0.3 is 15.0 Å². The molecule has 0 aliphatic carbocycles. The van der Waals surface area contributed by atoms with Gasteiger partial charge in [0.1, 0.15) is 5.82 Å². The summed E-state index contributed by atoms with van der Waals surface area (Å²) in [6.07, 6.45) is 4.18. The molecule has 26 heavy (non-hydrogen) atoms. The zero-order chi connectivity index (χ0) is 18.4. The Kier molecular flexibility index (Phi) is 6.28. The Bertz CT molecular complexity index is 748. The lowest BCUT2D eigenvalue weighted by Crippen LogP contribution is -2.36. The lowest BCUT2D eigenvalue weighted by molar-refractivity contribution is -0.122. The summed E-state index contributed by atoms with van der Waals surface area (Å²) in [5.41, 5.74) is 0.940. The first-order valence-corrected chi connectivity index (χ1v) is 9.15. The fourth-order valence-electron chi connectivity index (χ4n) is 3.14. The minimum Gasteiger partial charge on any atom is -0.467 e. The van der Waals surface area contributed by atoms with Crippen molar-refractivity contribution in [3.8, 4) is 6.01 Å². The molecule has 0 radical (unpaired) electrons. The topological polar surface area (TPSA) is 67.3 Å². The van der Waals surface area contributed by atoms with Crippen LogP contribution in [0.15, 0.2) is 36.5 Å². The summed E-state index contributed by atoms with van der Waals surface area (Å²) < 4.78 is 5.08. The Balaban J connectivity index is 1.44. The molecule has 1 saturated heterocycles. The SMILES string of the molecule is COc1nccc(N2CCC(CC(=O)NCc3ccccc3Cl)CC2)n1. The van der Waals surface area contributed by atoms with Gasteiger partial charge in [-0.2, -0.15) is 4.98 Å². The Hall–Kier alpha value is -2.34. The van der Waals surface area contributed by atoms with Gasteiger partial charge in [-0.25, -0.2) is 4.98 Å². The van der Waals surface area contributed by atoms with Crippen molar-refractivity contribution in [2.75, 3.05) is 25.1 Å². The number of piperidine rings is 1. The molecule has 1 amide bonds. The number of halogens is 1. The van der Waals surface area contributed by atoms with Crippen LogP contribution in [0.2, 0.25) is 5.02 Å². The maximum atomic E-state index is 12.2. The summed E-state index contributed by atoms with van der Waals surface area (Å²) in [6.45, 7) is 2.23. The molecule has 0 spiro atoms. The third kappa shape index (κ3) is 4.85. The Morgan fingerprint density at radius 2 is 2.08 bits per heavy atom. The smallest absolute Gasteiger partial charge is 0.318 e. The van der Waals surface area contributed by atoms with E-state index in [9.17, 15) is 4.79 Å². The first-order valence-electron chi connectivity index (χ1n) is 8.78. The van der Waals surface area contributed by atoms with E-state index in [0.29, 0.717) is 29.9 Å². The van der Waals surface area contributed by atoms with Crippen LogP contribution in [0, 0.1) is 5.92 Å². The first kappa shape index (κ1) is 18.5. The zero-order valence-corrected chi connectivity index (χ0v) is 15.6. The lowest BCUT2D eigenvalue weighted by Gasteiger charge is -2.32. The normalized spacial score (nSPS) is 14.9. The monoisotopic (exact) mass is 374 g/mol. The standard InChI is InChI=1S/C19H23ClN4O2/c1-26-19-21-9-6-17(23-19)24-10-7-14(8-11-24)12-18(25)22-13-15-4-2-3-5-16(15)20/h2-6,9,14H,7-8,10-13H2,1H3,(H,22,25). The first-order chi connectivity index (χ1) is 12.7. The van der Waals surface area contributed by atoms with Gasteiger partial charge in [-0.15, -0.1) is 0 Å². The molecule has 1 N–H and O–H groups in total. The van der Waals surface area contributed by atoms with Gasteiger partial charge in [-0.1, -0.05) is 29.8 Å². The second-order valence-corrected chi connectivity index (χ2v) is 6.81. The molecule has 6 nitrogen and oxygen atoms in total. The van der Waals surface area contributed by atoms with E-state index in [1.807, 2.05) is 30.3 Å². The molecule has 1 aromatic heterocycles. The van der Waals surface area contributed by atoms with E-state index in [-0.39, 0.29) is 5.91 Å². The number of nitrogens with one attached hydrogen (secondary N) is 1. The Labute approximate surface area is 158 Å². The minimum absolute atomic E-state index is 0.0760. The summed E-state index contributed by atoms with van der Waals surface area (Å²) >= 11 is 6.12. The van der Waals surface area contributed by atoms with E-state index in [0.717, 1.165) is 37.3 Å². The highest BCUT2D eigenvalue weighted by Crippen LogP contribution is 2.24. The molecule has 0 bridgehead atoms. The van der Waals surface area contributed by atoms with Gasteiger partial charge in [0, 0.05) is 37.3 Å². The third-order valence-corrected chi connectivity index (χ3v) is 5.02. The van der Waals surface area contributed by atoms with Crippen molar-refractivity contribution in [1.82, 2.24) is 15.3 Å². The number of methoxy groups -OCH3 is 1. The fourth-order valence-corrected chi connectivity index (χ4v) is 3.34. The van der Waals surface area contributed by atoms with Crippen LogP contribution in [-0.2, 0) is 11.3 Å². The van der Waals surface area contributed by atoms with Crippen LogP contribution in [0.4, 0.5) is 5.82 Å². The zero-order valence-electron chi connectivity index (χ0n) is 14.8. The predicted molar refractivity (Wildman–Crippen MR) is 101 cm³/mol. The molecular formula is C19H23ClN4O2. The number of carbonyl (C=O) groups excluding carboxylic acids is 1. The van der Waals surface area contributed by atoms with Gasteiger partial charge in [0.05, 0.1) is 7.11 Å². The van der Waals surface area contributed by atoms with E-state index in [2.05, 4.69) is 20.2 Å². The van der Waals surface area contributed by atoms with Gasteiger partial charge >= 0.3 is 6.01 Å². The Morgan fingerprint density at radius 3 is 2.81 bits per heavy atom. The molecule has 0 saturated carbocycles. The molecule has 2 aromatic rings. The Morgan fingerprint density at radius 1 is 1.31 bits per heavy atom. The number of nitrogens with zero attached hydrogens (tertiary/aromatic N) is 3. The molecule has 0 unspecified atom stereocenters. The largest absolute Gasteiger partial charge is 0.467 e. The van der Waals surface area contributed by atoms with E-state index in [4.69, 9.17) is 16.3 Å². The molecule has 138 valence electrons. The molecule has 1 aliphatic heterocycles. The molecule has 3 rings (SSSR count). The van der Waals surface area contributed by atoms with E-state index in [1.165, 1.54) is 0 Å². The van der Waals surface area contributed by atoms with Gasteiger partial charge in [0.25, 0.3) is 0 Å². The summed E-state index contributed by atoms with van der Waals surface area (Å²) in [4.78, 5) is 22.8. The average molecular weight is 375 g/mol. The predicted octanol–water partition coefficient (Wildman–Crippen LogP) is 3.06. The quantitative estimate of drug-likeness (QED) is 0.841. The number of benzene rings is 1. The second-order valence-electron chi connectivity index (χ2n) is 6.40. The van der Waals surface area contributed by atoms with Gasteiger partial charge in [0.15, 0.2) is 0 Å². The summed E-state index contributed by atoms with van der Waals surface area (Å²) in [5, 5.41) is 3.65. The highest BCUT2D eigenvalue weighted by Gasteiger charge is 2.22. The van der Waals surface area contributed by atoms with Crippen LogP contribution in [0.5, 0.6) is 6.01 Å². The van der Waals surface area contributed by atoms with Crippen molar-refractivity contribution < 1.29 is 9.53 Å². The summed E-state index contributed by atoms with van der Waals surface area (Å²) in [7, 11) is 1.56. The number of rotatable bonds is 6. The van der Waals surface area contributed by atoms with Gasteiger partial charge in [-0.3, -0.25) is 4.79 Å². The lowest BCUT2D eigenvalue weighted by atomic mass is 9.93. The molecule has 1 aliphatic rings. The van der Waals surface area contributed by atoms with Crippen molar-refractivity contribution in [3.05, 3.63) is 47.1 Å². The maximum Gasteiger partial charge on any atom is 0.318 e. The van der Waals surface area contributed by atoms with E-state index in [1.54, 1.807) is 13.3 Å². The van der Waals surface area contributed by atoms with Crippen LogP contribution in [0.1, 0.15) is 24.8 Å². The minimum atomic E-state index is 0.0760. The molecule has 1 aromatic carbocycles. The van der Waals surface area contributed by atoms with Gasteiger partial charge in [-0.05, 0) is 36.5 Å². The van der Waals surface area contributed by atoms with E-state index < -0.39 is 0 Å². The number of ether oxygens (including phenoxy) is 1. The maximum absolute atomic E-state index is 12.2. The summed E-state index contributed by atoms with van der Waals surface area (Å²) in [6, 6.07) is 9.83. The number of amides is 1. The highest BCUT2D eigenvalue weighted by molar-refractivity contribution is 6.31. The second kappa shape index (κ2) is 8.85. The van der Waals surface area contributed by atoms with Gasteiger partial charge in [0.2, 0.25) is 5.91 Å². The van der Waals surface area contributed by atoms with E-state index >= 15 is 0 Å².